The third kappa shape index (κ3) is 3.32. The number of thiophene rings is 1. The van der Waals surface area contributed by atoms with Crippen LogP contribution < -0.4 is 10.1 Å². The van der Waals surface area contributed by atoms with Crippen LogP contribution in [0.4, 0.5) is 0 Å². The van der Waals surface area contributed by atoms with Gasteiger partial charge in [0, 0.05) is 17.5 Å². The maximum atomic E-state index is 5.23. The largest absolute Gasteiger partial charge is 0.497 e. The van der Waals surface area contributed by atoms with Gasteiger partial charge in [0.1, 0.15) is 5.75 Å². The van der Waals surface area contributed by atoms with Crippen LogP contribution in [0.2, 0.25) is 0 Å². The molecule has 0 radical (unpaired) electrons. The Morgan fingerprint density at radius 1 is 1.29 bits per heavy atom. The first-order valence-corrected chi connectivity index (χ1v) is 6.57. The summed E-state index contributed by atoms with van der Waals surface area (Å²) in [5, 5.41) is 5.61. The van der Waals surface area contributed by atoms with Gasteiger partial charge in [-0.25, -0.2) is 0 Å². The lowest BCUT2D eigenvalue weighted by atomic mass is 10.1. The van der Waals surface area contributed by atoms with E-state index in [2.05, 4.69) is 41.9 Å². The van der Waals surface area contributed by atoms with Gasteiger partial charge in [-0.1, -0.05) is 18.2 Å². The SMILES string of the molecule is COc1cccc([C@@H](C)NCc2cccs2)c1. The summed E-state index contributed by atoms with van der Waals surface area (Å²) >= 11 is 1.78. The van der Waals surface area contributed by atoms with Crippen molar-refractivity contribution in [1.29, 1.82) is 0 Å². The number of benzene rings is 1. The third-order valence-corrected chi connectivity index (χ3v) is 3.63. The van der Waals surface area contributed by atoms with Crippen LogP contribution in [0.5, 0.6) is 5.75 Å². The molecule has 17 heavy (non-hydrogen) atoms. The Morgan fingerprint density at radius 3 is 2.88 bits per heavy atom. The molecule has 0 bridgehead atoms. The van der Waals surface area contributed by atoms with E-state index >= 15 is 0 Å². The lowest BCUT2D eigenvalue weighted by molar-refractivity contribution is 0.413. The lowest BCUT2D eigenvalue weighted by Crippen LogP contribution is -2.17. The molecule has 1 heterocycles. The van der Waals surface area contributed by atoms with E-state index < -0.39 is 0 Å². The number of hydrogen-bond donors (Lipinski definition) is 1. The van der Waals surface area contributed by atoms with Crippen LogP contribution in [0.3, 0.4) is 0 Å². The number of methoxy groups -OCH3 is 1. The van der Waals surface area contributed by atoms with Gasteiger partial charge in [-0.3, -0.25) is 0 Å². The Balaban J connectivity index is 1.96. The second-order valence-corrected chi connectivity index (χ2v) is 4.99. The van der Waals surface area contributed by atoms with Crippen molar-refractivity contribution in [1.82, 2.24) is 5.32 Å². The van der Waals surface area contributed by atoms with Gasteiger partial charge in [0.15, 0.2) is 0 Å². The Labute approximate surface area is 106 Å². The van der Waals surface area contributed by atoms with E-state index in [0.29, 0.717) is 6.04 Å². The molecule has 1 aromatic heterocycles. The molecule has 90 valence electrons. The Morgan fingerprint density at radius 2 is 2.18 bits per heavy atom. The second kappa shape index (κ2) is 5.84. The average Bonchev–Trinajstić information content (AvgIpc) is 2.89. The maximum Gasteiger partial charge on any atom is 0.119 e. The Kier molecular flexibility index (Phi) is 4.18. The number of nitrogens with one attached hydrogen (secondary N) is 1. The lowest BCUT2D eigenvalue weighted by Gasteiger charge is -2.14. The fraction of sp³-hybridized carbons (Fsp3) is 0.286. The van der Waals surface area contributed by atoms with Gasteiger partial charge in [-0.2, -0.15) is 0 Å². The molecule has 2 aromatic rings. The highest BCUT2D eigenvalue weighted by atomic mass is 32.1. The summed E-state index contributed by atoms with van der Waals surface area (Å²) in [7, 11) is 1.70. The summed E-state index contributed by atoms with van der Waals surface area (Å²) in [6, 6.07) is 12.7. The highest BCUT2D eigenvalue weighted by Gasteiger charge is 2.05. The maximum absolute atomic E-state index is 5.23. The van der Waals surface area contributed by atoms with E-state index in [4.69, 9.17) is 4.74 Å². The molecule has 2 nitrogen and oxygen atoms in total. The average molecular weight is 247 g/mol. The summed E-state index contributed by atoms with van der Waals surface area (Å²) in [6.45, 7) is 3.08. The Bertz CT molecular complexity index is 453. The number of ether oxygens (including phenoxy) is 1. The first-order chi connectivity index (χ1) is 8.29. The van der Waals surface area contributed by atoms with Gasteiger partial charge in [-0.05, 0) is 36.1 Å². The number of hydrogen-bond acceptors (Lipinski definition) is 3. The smallest absolute Gasteiger partial charge is 0.119 e. The minimum Gasteiger partial charge on any atom is -0.497 e. The van der Waals surface area contributed by atoms with Crippen LogP contribution >= 0.6 is 11.3 Å². The van der Waals surface area contributed by atoms with Crippen molar-refractivity contribution in [2.24, 2.45) is 0 Å². The van der Waals surface area contributed by atoms with Crippen molar-refractivity contribution >= 4 is 11.3 Å². The van der Waals surface area contributed by atoms with Crippen molar-refractivity contribution in [3.63, 3.8) is 0 Å². The van der Waals surface area contributed by atoms with E-state index in [1.54, 1.807) is 18.4 Å². The first kappa shape index (κ1) is 12.1. The minimum atomic E-state index is 0.326. The van der Waals surface area contributed by atoms with Crippen molar-refractivity contribution in [3.05, 3.63) is 52.2 Å². The molecule has 3 heteroatoms. The summed E-state index contributed by atoms with van der Waals surface area (Å²) in [5.41, 5.74) is 1.25. The predicted octanol–water partition coefficient (Wildman–Crippen LogP) is 3.61. The quantitative estimate of drug-likeness (QED) is 0.871. The van der Waals surface area contributed by atoms with Crippen molar-refractivity contribution in [2.45, 2.75) is 19.5 Å². The molecule has 0 amide bonds. The summed E-state index contributed by atoms with van der Waals surface area (Å²) in [5.74, 6) is 0.910. The van der Waals surface area contributed by atoms with Gasteiger partial charge >= 0.3 is 0 Å². The van der Waals surface area contributed by atoms with Gasteiger partial charge in [0.25, 0.3) is 0 Å². The second-order valence-electron chi connectivity index (χ2n) is 3.96. The first-order valence-electron chi connectivity index (χ1n) is 5.69. The molecule has 1 atom stereocenters. The molecule has 0 aliphatic carbocycles. The molecular weight excluding hydrogens is 230 g/mol. The predicted molar refractivity (Wildman–Crippen MR) is 72.6 cm³/mol. The van der Waals surface area contributed by atoms with Gasteiger partial charge in [0.2, 0.25) is 0 Å². The van der Waals surface area contributed by atoms with E-state index in [9.17, 15) is 0 Å². The van der Waals surface area contributed by atoms with E-state index in [1.807, 2.05) is 12.1 Å². The van der Waals surface area contributed by atoms with Crippen molar-refractivity contribution in [3.8, 4) is 5.75 Å². The zero-order valence-electron chi connectivity index (χ0n) is 10.1. The fourth-order valence-electron chi connectivity index (χ4n) is 1.70. The summed E-state index contributed by atoms with van der Waals surface area (Å²) in [6.07, 6.45) is 0. The molecule has 0 unspecified atom stereocenters. The van der Waals surface area contributed by atoms with E-state index in [-0.39, 0.29) is 0 Å². The molecule has 1 aromatic carbocycles. The topological polar surface area (TPSA) is 21.3 Å². The van der Waals surface area contributed by atoms with Crippen LogP contribution in [-0.2, 0) is 6.54 Å². The van der Waals surface area contributed by atoms with Crippen LogP contribution in [0.15, 0.2) is 41.8 Å². The van der Waals surface area contributed by atoms with Crippen LogP contribution in [0.25, 0.3) is 0 Å². The monoisotopic (exact) mass is 247 g/mol. The standard InChI is InChI=1S/C14H17NOS/c1-11(15-10-14-7-4-8-17-14)12-5-3-6-13(9-12)16-2/h3-9,11,15H,10H2,1-2H3/t11-/m1/s1. The fourth-order valence-corrected chi connectivity index (χ4v) is 2.35. The molecule has 2 rings (SSSR count). The molecule has 0 fully saturated rings. The molecule has 0 aliphatic heterocycles. The highest BCUT2D eigenvalue weighted by molar-refractivity contribution is 7.09. The molecule has 0 spiro atoms. The summed E-state index contributed by atoms with van der Waals surface area (Å²) < 4.78 is 5.23. The Hall–Kier alpha value is -1.32. The highest BCUT2D eigenvalue weighted by Crippen LogP contribution is 2.19. The zero-order chi connectivity index (χ0) is 12.1. The van der Waals surface area contributed by atoms with E-state index in [0.717, 1.165) is 12.3 Å². The third-order valence-electron chi connectivity index (χ3n) is 2.76. The van der Waals surface area contributed by atoms with Crippen LogP contribution in [0, 0.1) is 0 Å². The van der Waals surface area contributed by atoms with Gasteiger partial charge in [-0.15, -0.1) is 11.3 Å². The van der Waals surface area contributed by atoms with Crippen LogP contribution in [-0.4, -0.2) is 7.11 Å². The van der Waals surface area contributed by atoms with E-state index in [1.165, 1.54) is 10.4 Å². The number of rotatable bonds is 5. The molecule has 0 saturated carbocycles. The van der Waals surface area contributed by atoms with Crippen molar-refractivity contribution in [2.75, 3.05) is 7.11 Å². The molecule has 1 N–H and O–H groups in total. The molecule has 0 aliphatic rings. The zero-order valence-corrected chi connectivity index (χ0v) is 11.0. The van der Waals surface area contributed by atoms with Crippen LogP contribution in [0.1, 0.15) is 23.4 Å². The molecular formula is C14H17NOS. The normalized spacial score (nSPS) is 12.4. The van der Waals surface area contributed by atoms with Gasteiger partial charge < -0.3 is 10.1 Å². The molecule has 0 saturated heterocycles. The minimum absolute atomic E-state index is 0.326. The van der Waals surface area contributed by atoms with Gasteiger partial charge in [0.05, 0.1) is 7.11 Å². The summed E-state index contributed by atoms with van der Waals surface area (Å²) in [4.78, 5) is 1.36. The van der Waals surface area contributed by atoms with Crippen molar-refractivity contribution < 1.29 is 4.74 Å².